The third-order valence-electron chi connectivity index (χ3n) is 4.29. The van der Waals surface area contributed by atoms with Gasteiger partial charge in [0.1, 0.15) is 0 Å². The Morgan fingerprint density at radius 1 is 0.538 bits per heavy atom. The molecule has 0 saturated carbocycles. The predicted octanol–water partition coefficient (Wildman–Crippen LogP) is 6.13. The maximum Gasteiger partial charge on any atom is 0.334 e. The molecule has 0 aliphatic heterocycles. The monoisotopic (exact) mass is 368 g/mol. The fourth-order valence-corrected chi connectivity index (χ4v) is 2.75. The van der Waals surface area contributed by atoms with E-state index in [4.69, 9.17) is 9.47 Å². The number of rotatable bonds is 16. The topological polar surface area (TPSA) is 52.6 Å². The molecule has 0 fully saturated rings. The van der Waals surface area contributed by atoms with Gasteiger partial charge in [-0.2, -0.15) is 0 Å². The maximum absolute atomic E-state index is 12.6. The van der Waals surface area contributed by atoms with E-state index in [1.165, 1.54) is 25.7 Å². The normalized spacial score (nSPS) is 11.8. The first kappa shape index (κ1) is 24.7. The van der Waals surface area contributed by atoms with Gasteiger partial charge in [0.15, 0.2) is 0 Å². The Labute approximate surface area is 160 Å². The highest BCUT2D eigenvalue weighted by atomic mass is 16.5. The lowest BCUT2D eigenvalue weighted by atomic mass is 9.97. The number of carbonyl (C=O) groups is 2. The first-order valence-corrected chi connectivity index (χ1v) is 10.7. The molecule has 0 saturated heterocycles. The number of esters is 2. The van der Waals surface area contributed by atoms with Gasteiger partial charge in [-0.05, 0) is 38.5 Å². The number of unbranched alkanes of at least 4 members (excludes halogenated alkanes) is 6. The molecular weight excluding hydrogens is 328 g/mol. The highest BCUT2D eigenvalue weighted by Gasteiger charge is 2.22. The zero-order valence-electron chi connectivity index (χ0n) is 17.5. The third kappa shape index (κ3) is 11.3. The second-order valence-corrected chi connectivity index (χ2v) is 6.85. The SMILES string of the molecule is CCCCCCCCC(C(=O)OCCC)=C(CCCC)C(=O)OCCC. The van der Waals surface area contributed by atoms with Crippen molar-refractivity contribution < 1.29 is 19.1 Å². The van der Waals surface area contributed by atoms with E-state index in [0.717, 1.165) is 38.5 Å². The molecule has 0 atom stereocenters. The standard InChI is InChI=1S/C22H40O4/c1-5-9-11-12-13-14-16-20(22(24)26-18-8-4)19(15-10-6-2)21(23)25-17-7-3/h5-18H2,1-4H3. The van der Waals surface area contributed by atoms with E-state index >= 15 is 0 Å². The van der Waals surface area contributed by atoms with Gasteiger partial charge in [0.25, 0.3) is 0 Å². The van der Waals surface area contributed by atoms with Crippen molar-refractivity contribution in [1.29, 1.82) is 0 Å². The highest BCUT2D eigenvalue weighted by molar-refractivity contribution is 6.00. The zero-order valence-corrected chi connectivity index (χ0v) is 17.5. The summed E-state index contributed by atoms with van der Waals surface area (Å²) in [5, 5.41) is 0. The lowest BCUT2D eigenvalue weighted by Gasteiger charge is -2.14. The van der Waals surface area contributed by atoms with Crippen molar-refractivity contribution in [3.63, 3.8) is 0 Å². The number of carbonyl (C=O) groups excluding carboxylic acids is 2. The van der Waals surface area contributed by atoms with E-state index in [2.05, 4.69) is 13.8 Å². The van der Waals surface area contributed by atoms with Crippen LogP contribution in [0.2, 0.25) is 0 Å². The van der Waals surface area contributed by atoms with E-state index in [1.807, 2.05) is 13.8 Å². The molecule has 0 N–H and O–H groups in total. The Balaban J connectivity index is 5.14. The minimum Gasteiger partial charge on any atom is -0.462 e. The molecule has 0 unspecified atom stereocenters. The number of ether oxygens (including phenoxy) is 2. The molecular formula is C22H40O4. The van der Waals surface area contributed by atoms with Gasteiger partial charge in [-0.3, -0.25) is 0 Å². The molecule has 152 valence electrons. The van der Waals surface area contributed by atoms with Gasteiger partial charge >= 0.3 is 11.9 Å². The lowest BCUT2D eigenvalue weighted by Crippen LogP contribution is -2.18. The summed E-state index contributed by atoms with van der Waals surface area (Å²) in [7, 11) is 0. The lowest BCUT2D eigenvalue weighted by molar-refractivity contribution is -0.142. The molecule has 0 amide bonds. The molecule has 0 aromatic rings. The number of hydrogen-bond donors (Lipinski definition) is 0. The van der Waals surface area contributed by atoms with Crippen LogP contribution in [-0.4, -0.2) is 25.2 Å². The minimum absolute atomic E-state index is 0.333. The summed E-state index contributed by atoms with van der Waals surface area (Å²) in [5.41, 5.74) is 1.08. The summed E-state index contributed by atoms with van der Waals surface area (Å²) < 4.78 is 10.7. The summed E-state index contributed by atoms with van der Waals surface area (Å²) in [6.07, 6.45) is 11.5. The summed E-state index contributed by atoms with van der Waals surface area (Å²) in [6.45, 7) is 9.00. The molecule has 0 aromatic carbocycles. The number of hydrogen-bond acceptors (Lipinski definition) is 4. The Kier molecular flexibility index (Phi) is 16.2. The van der Waals surface area contributed by atoms with E-state index in [9.17, 15) is 9.59 Å². The van der Waals surface area contributed by atoms with Crippen molar-refractivity contribution in [2.75, 3.05) is 13.2 Å². The van der Waals surface area contributed by atoms with Crippen LogP contribution in [0, 0.1) is 0 Å². The fourth-order valence-electron chi connectivity index (χ4n) is 2.75. The fraction of sp³-hybridized carbons (Fsp3) is 0.818. The molecule has 0 aliphatic rings. The Bertz CT molecular complexity index is 412. The van der Waals surface area contributed by atoms with Gasteiger partial charge in [0.05, 0.1) is 13.2 Å². The summed E-state index contributed by atoms with van der Waals surface area (Å²) in [4.78, 5) is 25.1. The van der Waals surface area contributed by atoms with Crippen LogP contribution in [0.3, 0.4) is 0 Å². The van der Waals surface area contributed by atoms with Crippen molar-refractivity contribution in [3.05, 3.63) is 11.1 Å². The van der Waals surface area contributed by atoms with Crippen LogP contribution in [0.5, 0.6) is 0 Å². The van der Waals surface area contributed by atoms with Crippen LogP contribution in [0.25, 0.3) is 0 Å². The van der Waals surface area contributed by atoms with Gasteiger partial charge in [-0.15, -0.1) is 0 Å². The molecule has 0 aromatic heterocycles. The van der Waals surface area contributed by atoms with Crippen LogP contribution in [0.15, 0.2) is 11.1 Å². The van der Waals surface area contributed by atoms with E-state index in [1.54, 1.807) is 0 Å². The predicted molar refractivity (Wildman–Crippen MR) is 107 cm³/mol. The molecule has 0 radical (unpaired) electrons. The highest BCUT2D eigenvalue weighted by Crippen LogP contribution is 2.22. The molecule has 0 heterocycles. The largest absolute Gasteiger partial charge is 0.462 e. The molecule has 4 nitrogen and oxygen atoms in total. The Morgan fingerprint density at radius 2 is 0.962 bits per heavy atom. The molecule has 0 aliphatic carbocycles. The smallest absolute Gasteiger partial charge is 0.334 e. The van der Waals surface area contributed by atoms with Gasteiger partial charge in [-0.25, -0.2) is 9.59 Å². The van der Waals surface area contributed by atoms with Gasteiger partial charge < -0.3 is 9.47 Å². The van der Waals surface area contributed by atoms with Crippen LogP contribution in [0.4, 0.5) is 0 Å². The van der Waals surface area contributed by atoms with E-state index in [0.29, 0.717) is 37.2 Å². The van der Waals surface area contributed by atoms with E-state index in [-0.39, 0.29) is 11.9 Å². The van der Waals surface area contributed by atoms with Gasteiger partial charge in [0, 0.05) is 11.1 Å². The first-order valence-electron chi connectivity index (χ1n) is 10.7. The van der Waals surface area contributed by atoms with Crippen LogP contribution < -0.4 is 0 Å². The Hall–Kier alpha value is -1.32. The minimum atomic E-state index is -0.338. The molecule has 26 heavy (non-hydrogen) atoms. The molecule has 0 bridgehead atoms. The van der Waals surface area contributed by atoms with Crippen molar-refractivity contribution in [3.8, 4) is 0 Å². The third-order valence-corrected chi connectivity index (χ3v) is 4.29. The molecule has 4 heteroatoms. The molecule has 0 spiro atoms. The average Bonchev–Trinajstić information content (AvgIpc) is 2.65. The Morgan fingerprint density at radius 3 is 1.42 bits per heavy atom. The quantitative estimate of drug-likeness (QED) is 0.187. The van der Waals surface area contributed by atoms with Crippen molar-refractivity contribution in [1.82, 2.24) is 0 Å². The zero-order chi connectivity index (χ0) is 19.6. The maximum atomic E-state index is 12.6. The van der Waals surface area contributed by atoms with Gasteiger partial charge in [0.2, 0.25) is 0 Å². The van der Waals surface area contributed by atoms with E-state index < -0.39 is 0 Å². The first-order chi connectivity index (χ1) is 12.6. The second kappa shape index (κ2) is 17.1. The van der Waals surface area contributed by atoms with Gasteiger partial charge in [-0.1, -0.05) is 66.2 Å². The van der Waals surface area contributed by atoms with Crippen LogP contribution in [0.1, 0.15) is 105 Å². The average molecular weight is 369 g/mol. The summed E-state index contributed by atoms with van der Waals surface area (Å²) in [5.74, 6) is -0.672. The van der Waals surface area contributed by atoms with Crippen LogP contribution in [-0.2, 0) is 19.1 Å². The summed E-state index contributed by atoms with van der Waals surface area (Å²) >= 11 is 0. The second-order valence-electron chi connectivity index (χ2n) is 6.85. The van der Waals surface area contributed by atoms with Crippen molar-refractivity contribution >= 4 is 11.9 Å². The molecule has 0 rings (SSSR count). The van der Waals surface area contributed by atoms with Crippen LogP contribution >= 0.6 is 0 Å². The summed E-state index contributed by atoms with van der Waals surface area (Å²) in [6, 6.07) is 0. The van der Waals surface area contributed by atoms with Crippen molar-refractivity contribution in [2.45, 2.75) is 105 Å². The van der Waals surface area contributed by atoms with Crippen molar-refractivity contribution in [2.24, 2.45) is 0 Å².